The third kappa shape index (κ3) is 2.82. The van der Waals surface area contributed by atoms with Crippen molar-refractivity contribution in [2.45, 2.75) is 20.8 Å². The van der Waals surface area contributed by atoms with Gasteiger partial charge in [-0.2, -0.15) is 5.26 Å². The number of esters is 1. The maximum atomic E-state index is 11.7. The van der Waals surface area contributed by atoms with Crippen molar-refractivity contribution in [3.8, 4) is 6.07 Å². The number of ether oxygens (including phenoxy) is 1. The van der Waals surface area contributed by atoms with Gasteiger partial charge in [-0.25, -0.2) is 4.79 Å². The van der Waals surface area contributed by atoms with Crippen molar-refractivity contribution in [2.75, 3.05) is 11.9 Å². The van der Waals surface area contributed by atoms with E-state index in [0.717, 1.165) is 11.3 Å². The van der Waals surface area contributed by atoms with Crippen LogP contribution in [-0.4, -0.2) is 18.5 Å². The molecular weight excluding hydrogens is 240 g/mol. The molecule has 0 aliphatic rings. The Morgan fingerprint density at radius 1 is 1.53 bits per heavy atom. The Hall–Kier alpha value is -1.87. The zero-order chi connectivity index (χ0) is 13.0. The maximum Gasteiger partial charge on any atom is 0.341 e. The number of anilines is 1. The Balaban J connectivity index is 3.24. The molecule has 0 fully saturated rings. The zero-order valence-corrected chi connectivity index (χ0v) is 10.6. The number of nitriles is 1. The largest absolute Gasteiger partial charge is 0.462 e. The minimum atomic E-state index is -0.522. The standard InChI is InChI=1S/C11H12N2O3S/c1-4-16-11(15)9-6(2)8(5-12)17-10(9)13-7(3)14/h4H2,1-3H3,(H,13,14). The lowest BCUT2D eigenvalue weighted by atomic mass is 10.1. The van der Waals surface area contributed by atoms with Gasteiger partial charge in [0, 0.05) is 6.92 Å². The van der Waals surface area contributed by atoms with Gasteiger partial charge in [-0.3, -0.25) is 4.79 Å². The van der Waals surface area contributed by atoms with Crippen LogP contribution in [0.5, 0.6) is 0 Å². The van der Waals surface area contributed by atoms with Gasteiger partial charge in [0.1, 0.15) is 15.9 Å². The van der Waals surface area contributed by atoms with Crippen molar-refractivity contribution < 1.29 is 14.3 Å². The molecule has 0 atom stereocenters. The highest BCUT2D eigenvalue weighted by Crippen LogP contribution is 2.33. The van der Waals surface area contributed by atoms with E-state index in [4.69, 9.17) is 10.00 Å². The Kier molecular flexibility index (Phi) is 4.24. The van der Waals surface area contributed by atoms with Gasteiger partial charge in [-0.1, -0.05) is 0 Å². The fraction of sp³-hybridized carbons (Fsp3) is 0.364. The molecule has 0 saturated heterocycles. The van der Waals surface area contributed by atoms with Crippen LogP contribution >= 0.6 is 11.3 Å². The van der Waals surface area contributed by atoms with E-state index >= 15 is 0 Å². The number of hydrogen-bond acceptors (Lipinski definition) is 5. The molecule has 0 radical (unpaired) electrons. The number of nitrogens with zero attached hydrogens (tertiary/aromatic N) is 1. The molecule has 1 aromatic heterocycles. The van der Waals surface area contributed by atoms with E-state index in [0.29, 0.717) is 15.4 Å². The SMILES string of the molecule is CCOC(=O)c1c(NC(C)=O)sc(C#N)c1C. The quantitative estimate of drug-likeness (QED) is 0.835. The number of carbonyl (C=O) groups excluding carboxylic acids is 2. The van der Waals surface area contributed by atoms with Crippen LogP contribution in [0.25, 0.3) is 0 Å². The third-order valence-corrected chi connectivity index (χ3v) is 3.13. The fourth-order valence-electron chi connectivity index (χ4n) is 1.32. The summed E-state index contributed by atoms with van der Waals surface area (Å²) in [5.74, 6) is -0.812. The van der Waals surface area contributed by atoms with Gasteiger partial charge in [0.05, 0.1) is 12.2 Å². The number of rotatable bonds is 3. The highest BCUT2D eigenvalue weighted by Gasteiger charge is 2.22. The second kappa shape index (κ2) is 5.46. The van der Waals surface area contributed by atoms with Gasteiger partial charge < -0.3 is 10.1 Å². The van der Waals surface area contributed by atoms with E-state index in [1.54, 1.807) is 13.8 Å². The molecule has 1 heterocycles. The van der Waals surface area contributed by atoms with Crippen LogP contribution in [-0.2, 0) is 9.53 Å². The van der Waals surface area contributed by atoms with E-state index < -0.39 is 5.97 Å². The monoisotopic (exact) mass is 252 g/mol. The molecule has 1 rings (SSSR count). The summed E-state index contributed by atoms with van der Waals surface area (Å²) in [6, 6.07) is 1.99. The predicted molar refractivity (Wildman–Crippen MR) is 64.0 cm³/mol. The Morgan fingerprint density at radius 2 is 2.18 bits per heavy atom. The molecule has 0 saturated carbocycles. The van der Waals surface area contributed by atoms with E-state index in [-0.39, 0.29) is 18.1 Å². The molecule has 6 heteroatoms. The average molecular weight is 252 g/mol. The topological polar surface area (TPSA) is 79.2 Å². The molecule has 5 nitrogen and oxygen atoms in total. The summed E-state index contributed by atoms with van der Waals surface area (Å²) >= 11 is 1.07. The Labute approximate surface area is 103 Å². The van der Waals surface area contributed by atoms with Crippen LogP contribution in [0.4, 0.5) is 5.00 Å². The van der Waals surface area contributed by atoms with Crippen molar-refractivity contribution in [1.82, 2.24) is 0 Å². The number of nitrogens with one attached hydrogen (secondary N) is 1. The zero-order valence-electron chi connectivity index (χ0n) is 9.79. The molecule has 17 heavy (non-hydrogen) atoms. The minimum absolute atomic E-state index is 0.246. The summed E-state index contributed by atoms with van der Waals surface area (Å²) in [6.07, 6.45) is 0. The third-order valence-electron chi connectivity index (χ3n) is 2.02. The summed E-state index contributed by atoms with van der Waals surface area (Å²) in [5.41, 5.74) is 0.809. The van der Waals surface area contributed by atoms with Crippen LogP contribution in [0.3, 0.4) is 0 Å². The van der Waals surface area contributed by atoms with Crippen molar-refractivity contribution in [3.05, 3.63) is 16.0 Å². The molecule has 0 spiro atoms. The minimum Gasteiger partial charge on any atom is -0.462 e. The predicted octanol–water partition coefficient (Wildman–Crippen LogP) is 2.06. The molecule has 0 unspecified atom stereocenters. The summed E-state index contributed by atoms with van der Waals surface area (Å²) < 4.78 is 4.90. The van der Waals surface area contributed by atoms with Crippen molar-refractivity contribution in [1.29, 1.82) is 5.26 Å². The molecule has 1 aromatic rings. The molecular formula is C11H12N2O3S. The Bertz CT molecular complexity index is 500. The van der Waals surface area contributed by atoms with Gasteiger partial charge in [0.2, 0.25) is 5.91 Å². The summed E-state index contributed by atoms with van der Waals surface area (Å²) in [5, 5.41) is 11.8. The second-order valence-electron chi connectivity index (χ2n) is 3.27. The fourth-order valence-corrected chi connectivity index (χ4v) is 2.36. The molecule has 90 valence electrons. The molecule has 0 bridgehead atoms. The van der Waals surface area contributed by atoms with E-state index in [1.807, 2.05) is 6.07 Å². The first-order valence-corrected chi connectivity index (χ1v) is 5.81. The highest BCUT2D eigenvalue weighted by atomic mass is 32.1. The normalized spacial score (nSPS) is 9.53. The van der Waals surface area contributed by atoms with Crippen molar-refractivity contribution in [2.24, 2.45) is 0 Å². The van der Waals surface area contributed by atoms with Crippen LogP contribution in [0.15, 0.2) is 0 Å². The smallest absolute Gasteiger partial charge is 0.341 e. The van der Waals surface area contributed by atoms with Crippen molar-refractivity contribution >= 4 is 28.2 Å². The lowest BCUT2D eigenvalue weighted by Crippen LogP contribution is -2.11. The van der Waals surface area contributed by atoms with Gasteiger partial charge in [-0.05, 0) is 19.4 Å². The summed E-state index contributed by atoms with van der Waals surface area (Å²) in [6.45, 7) is 4.95. The van der Waals surface area contributed by atoms with Gasteiger partial charge in [-0.15, -0.1) is 11.3 Å². The van der Waals surface area contributed by atoms with E-state index in [2.05, 4.69) is 5.32 Å². The first-order chi connectivity index (χ1) is 8.01. The lowest BCUT2D eigenvalue weighted by molar-refractivity contribution is -0.114. The maximum absolute atomic E-state index is 11.7. The van der Waals surface area contributed by atoms with Crippen LogP contribution in [0.1, 0.15) is 34.6 Å². The number of amides is 1. The lowest BCUT2D eigenvalue weighted by Gasteiger charge is -2.04. The van der Waals surface area contributed by atoms with Crippen molar-refractivity contribution in [3.63, 3.8) is 0 Å². The highest BCUT2D eigenvalue weighted by molar-refractivity contribution is 7.17. The van der Waals surface area contributed by atoms with Gasteiger partial charge >= 0.3 is 5.97 Å². The number of carbonyl (C=O) groups is 2. The first kappa shape index (κ1) is 13.2. The molecule has 0 aliphatic carbocycles. The van der Waals surface area contributed by atoms with E-state index in [1.165, 1.54) is 6.92 Å². The first-order valence-electron chi connectivity index (χ1n) is 4.99. The van der Waals surface area contributed by atoms with Gasteiger partial charge in [0.15, 0.2) is 0 Å². The summed E-state index contributed by atoms with van der Waals surface area (Å²) in [7, 11) is 0. The van der Waals surface area contributed by atoms with Crippen LogP contribution < -0.4 is 5.32 Å². The number of hydrogen-bond donors (Lipinski definition) is 1. The second-order valence-corrected chi connectivity index (χ2v) is 4.29. The Morgan fingerprint density at radius 3 is 2.65 bits per heavy atom. The number of thiophene rings is 1. The molecule has 0 aliphatic heterocycles. The molecule has 1 amide bonds. The molecule has 0 aromatic carbocycles. The van der Waals surface area contributed by atoms with E-state index in [9.17, 15) is 9.59 Å². The van der Waals surface area contributed by atoms with Crippen LogP contribution in [0, 0.1) is 18.3 Å². The average Bonchev–Trinajstić information content (AvgIpc) is 2.54. The van der Waals surface area contributed by atoms with Gasteiger partial charge in [0.25, 0.3) is 0 Å². The molecule has 1 N–H and O–H groups in total. The van der Waals surface area contributed by atoms with Crippen LogP contribution in [0.2, 0.25) is 0 Å². The summed E-state index contributed by atoms with van der Waals surface area (Å²) in [4.78, 5) is 23.1.